The van der Waals surface area contributed by atoms with Crippen LogP contribution in [0, 0.1) is 23.4 Å². The van der Waals surface area contributed by atoms with Gasteiger partial charge in [0.15, 0.2) is 11.6 Å². The van der Waals surface area contributed by atoms with Crippen LogP contribution in [0.15, 0.2) is 47.4 Å². The van der Waals surface area contributed by atoms with E-state index in [9.17, 15) is 21.6 Å². The summed E-state index contributed by atoms with van der Waals surface area (Å²) < 4.78 is 67.0. The van der Waals surface area contributed by atoms with Crippen molar-refractivity contribution in [1.29, 1.82) is 0 Å². The van der Waals surface area contributed by atoms with E-state index in [2.05, 4.69) is 0 Å². The van der Waals surface area contributed by atoms with Crippen molar-refractivity contribution in [3.8, 4) is 0 Å². The number of hydrogen-bond donors (Lipinski definition) is 1. The van der Waals surface area contributed by atoms with Crippen LogP contribution in [-0.2, 0) is 10.0 Å². The molecule has 0 saturated carbocycles. The molecule has 0 aromatic heterocycles. The Labute approximate surface area is 144 Å². The molecule has 2 atom stereocenters. The second kappa shape index (κ2) is 6.78. The van der Waals surface area contributed by atoms with Crippen molar-refractivity contribution in [2.45, 2.75) is 10.8 Å². The van der Waals surface area contributed by atoms with E-state index in [1.165, 1.54) is 0 Å². The van der Waals surface area contributed by atoms with Gasteiger partial charge in [0.05, 0.1) is 0 Å². The van der Waals surface area contributed by atoms with Gasteiger partial charge in [0.25, 0.3) is 0 Å². The molecule has 2 aromatic carbocycles. The minimum absolute atomic E-state index is 0.0941. The molecule has 3 rings (SSSR count). The van der Waals surface area contributed by atoms with E-state index in [1.807, 2.05) is 30.3 Å². The lowest BCUT2D eigenvalue weighted by Crippen LogP contribution is -2.30. The van der Waals surface area contributed by atoms with Gasteiger partial charge in [-0.2, -0.15) is 4.31 Å². The Morgan fingerprint density at radius 2 is 1.64 bits per heavy atom. The van der Waals surface area contributed by atoms with Crippen LogP contribution in [0.4, 0.5) is 13.2 Å². The van der Waals surface area contributed by atoms with Crippen molar-refractivity contribution < 1.29 is 21.6 Å². The van der Waals surface area contributed by atoms with Crippen molar-refractivity contribution in [1.82, 2.24) is 4.31 Å². The molecule has 1 aliphatic rings. The summed E-state index contributed by atoms with van der Waals surface area (Å²) in [4.78, 5) is -0.865. The smallest absolute Gasteiger partial charge is 0.246 e. The first-order valence-electron chi connectivity index (χ1n) is 7.74. The first kappa shape index (κ1) is 17.9. The minimum Gasteiger partial charge on any atom is -0.330 e. The molecular formula is C17H17F3N2O2S. The van der Waals surface area contributed by atoms with E-state index in [-0.39, 0.29) is 37.5 Å². The zero-order chi connectivity index (χ0) is 18.2. The maximum absolute atomic E-state index is 13.9. The van der Waals surface area contributed by atoms with Gasteiger partial charge in [-0.05, 0) is 24.1 Å². The van der Waals surface area contributed by atoms with Gasteiger partial charge in [-0.15, -0.1) is 0 Å². The van der Waals surface area contributed by atoms with Crippen LogP contribution in [0.2, 0.25) is 0 Å². The number of rotatable bonds is 4. The number of benzene rings is 2. The summed E-state index contributed by atoms with van der Waals surface area (Å²) in [5.41, 5.74) is 6.71. The highest BCUT2D eigenvalue weighted by Gasteiger charge is 2.40. The fraction of sp³-hybridized carbons (Fsp3) is 0.294. The van der Waals surface area contributed by atoms with Crippen LogP contribution in [-0.4, -0.2) is 32.4 Å². The van der Waals surface area contributed by atoms with Crippen LogP contribution in [0.1, 0.15) is 11.5 Å². The third-order valence-corrected chi connectivity index (χ3v) is 6.38. The molecule has 2 aromatic rings. The molecule has 1 saturated heterocycles. The topological polar surface area (TPSA) is 63.4 Å². The standard InChI is InChI=1S/C17H17F3N2O2S/c18-14-6-16(20)17(7-15(14)19)25(23,24)22-9-12(8-21)13(10-22)11-4-2-1-3-5-11/h1-7,12-13H,8-10,21H2/t12-,13+/m1/s1. The SMILES string of the molecule is NC[C@@H]1CN(S(=O)(=O)c2cc(F)c(F)cc2F)C[C@H]1c1ccccc1. The molecule has 1 heterocycles. The van der Waals surface area contributed by atoms with E-state index < -0.39 is 32.4 Å². The Morgan fingerprint density at radius 3 is 2.28 bits per heavy atom. The van der Waals surface area contributed by atoms with Crippen LogP contribution in [0.25, 0.3) is 0 Å². The van der Waals surface area contributed by atoms with E-state index in [0.29, 0.717) is 6.07 Å². The fourth-order valence-corrected chi connectivity index (χ4v) is 4.77. The average Bonchev–Trinajstić information content (AvgIpc) is 3.04. The lowest BCUT2D eigenvalue weighted by atomic mass is 9.89. The fourth-order valence-electron chi connectivity index (χ4n) is 3.19. The van der Waals surface area contributed by atoms with E-state index in [1.54, 1.807) is 0 Å². The highest BCUT2D eigenvalue weighted by Crippen LogP contribution is 2.35. The Balaban J connectivity index is 1.95. The molecule has 25 heavy (non-hydrogen) atoms. The Hall–Kier alpha value is -1.90. The van der Waals surface area contributed by atoms with Crippen LogP contribution >= 0.6 is 0 Å². The van der Waals surface area contributed by atoms with Crippen molar-refractivity contribution in [3.63, 3.8) is 0 Å². The number of sulfonamides is 1. The van der Waals surface area contributed by atoms with Gasteiger partial charge in [-0.3, -0.25) is 0 Å². The molecule has 0 amide bonds. The zero-order valence-corrected chi connectivity index (χ0v) is 14.0. The molecule has 0 bridgehead atoms. The molecule has 0 aliphatic carbocycles. The van der Waals surface area contributed by atoms with Gasteiger partial charge < -0.3 is 5.73 Å². The van der Waals surface area contributed by atoms with Gasteiger partial charge in [-0.25, -0.2) is 21.6 Å². The third kappa shape index (κ3) is 3.29. The highest BCUT2D eigenvalue weighted by molar-refractivity contribution is 7.89. The number of nitrogens with two attached hydrogens (primary N) is 1. The summed E-state index contributed by atoms with van der Waals surface area (Å²) >= 11 is 0. The van der Waals surface area contributed by atoms with Crippen molar-refractivity contribution in [2.24, 2.45) is 11.7 Å². The molecular weight excluding hydrogens is 353 g/mol. The van der Waals surface area contributed by atoms with E-state index >= 15 is 0 Å². The predicted octanol–water partition coefficient (Wildman–Crippen LogP) is 2.47. The Kier molecular flexibility index (Phi) is 4.86. The first-order chi connectivity index (χ1) is 11.8. The lowest BCUT2D eigenvalue weighted by molar-refractivity contribution is 0.446. The second-order valence-electron chi connectivity index (χ2n) is 6.03. The number of hydrogen-bond acceptors (Lipinski definition) is 3. The lowest BCUT2D eigenvalue weighted by Gasteiger charge is -2.17. The quantitative estimate of drug-likeness (QED) is 0.841. The molecule has 4 nitrogen and oxygen atoms in total. The molecule has 2 N–H and O–H groups in total. The molecule has 1 fully saturated rings. The summed E-state index contributed by atoms with van der Waals surface area (Å²) in [6, 6.07) is 9.91. The zero-order valence-electron chi connectivity index (χ0n) is 13.2. The molecule has 0 radical (unpaired) electrons. The summed E-state index contributed by atoms with van der Waals surface area (Å²) in [5.74, 6) is -4.44. The molecule has 134 valence electrons. The van der Waals surface area contributed by atoms with Crippen LogP contribution < -0.4 is 5.73 Å². The van der Waals surface area contributed by atoms with Crippen molar-refractivity contribution in [2.75, 3.05) is 19.6 Å². The van der Waals surface area contributed by atoms with Crippen LogP contribution in [0.3, 0.4) is 0 Å². The Morgan fingerprint density at radius 1 is 1.00 bits per heavy atom. The molecule has 8 heteroatoms. The summed E-state index contributed by atoms with van der Waals surface area (Å²) in [6.07, 6.45) is 0. The second-order valence-corrected chi connectivity index (χ2v) is 7.94. The van der Waals surface area contributed by atoms with E-state index in [0.717, 1.165) is 9.87 Å². The molecule has 0 spiro atoms. The maximum atomic E-state index is 13.9. The minimum atomic E-state index is -4.30. The van der Waals surface area contributed by atoms with Gasteiger partial charge in [0, 0.05) is 25.1 Å². The largest absolute Gasteiger partial charge is 0.330 e. The number of halogens is 3. The Bertz CT molecular complexity index is 875. The van der Waals surface area contributed by atoms with Crippen molar-refractivity contribution >= 4 is 10.0 Å². The summed E-state index contributed by atoms with van der Waals surface area (Å²) in [7, 11) is -4.30. The van der Waals surface area contributed by atoms with E-state index in [4.69, 9.17) is 5.73 Å². The third-order valence-electron chi connectivity index (χ3n) is 4.53. The average molecular weight is 370 g/mol. The highest BCUT2D eigenvalue weighted by atomic mass is 32.2. The van der Waals surface area contributed by atoms with Gasteiger partial charge >= 0.3 is 0 Å². The monoisotopic (exact) mass is 370 g/mol. The predicted molar refractivity (Wildman–Crippen MR) is 86.8 cm³/mol. The first-order valence-corrected chi connectivity index (χ1v) is 9.18. The maximum Gasteiger partial charge on any atom is 0.246 e. The normalized spacial score (nSPS) is 21.6. The molecule has 0 unspecified atom stereocenters. The van der Waals surface area contributed by atoms with Gasteiger partial charge in [0.1, 0.15) is 10.7 Å². The van der Waals surface area contributed by atoms with Crippen LogP contribution in [0.5, 0.6) is 0 Å². The van der Waals surface area contributed by atoms with Gasteiger partial charge in [0.2, 0.25) is 10.0 Å². The molecule has 1 aliphatic heterocycles. The summed E-state index contributed by atoms with van der Waals surface area (Å²) in [5, 5.41) is 0. The number of nitrogens with zero attached hydrogens (tertiary/aromatic N) is 1. The van der Waals surface area contributed by atoms with Gasteiger partial charge in [-0.1, -0.05) is 30.3 Å². The van der Waals surface area contributed by atoms with Crippen molar-refractivity contribution in [3.05, 3.63) is 65.5 Å². The summed E-state index contributed by atoms with van der Waals surface area (Å²) in [6.45, 7) is 0.454.